The molecule has 0 spiro atoms. The van der Waals surface area contributed by atoms with E-state index in [-0.39, 0.29) is 17.9 Å². The van der Waals surface area contributed by atoms with Crippen molar-refractivity contribution < 1.29 is 9.59 Å². The summed E-state index contributed by atoms with van der Waals surface area (Å²) in [5, 5.41) is 16.9. The molecule has 1 saturated carbocycles. The van der Waals surface area contributed by atoms with E-state index in [9.17, 15) is 9.59 Å². The molecule has 2 aromatic rings. The Kier molecular flexibility index (Phi) is 4.64. The van der Waals surface area contributed by atoms with Gasteiger partial charge in [-0.05, 0) is 24.8 Å². The Balaban J connectivity index is 1.44. The van der Waals surface area contributed by atoms with Crippen molar-refractivity contribution in [1.29, 1.82) is 0 Å². The second kappa shape index (κ2) is 6.86. The van der Waals surface area contributed by atoms with Gasteiger partial charge in [-0.3, -0.25) is 19.4 Å². The molecule has 0 aromatic carbocycles. The van der Waals surface area contributed by atoms with E-state index in [2.05, 4.69) is 25.9 Å². The smallest absolute Gasteiger partial charge is 0.225 e. The van der Waals surface area contributed by atoms with Gasteiger partial charge in [-0.25, -0.2) is 0 Å². The predicted molar refractivity (Wildman–Crippen MR) is 88.3 cm³/mol. The number of anilines is 1. The first kappa shape index (κ1) is 16.2. The number of carbonyl (C=O) groups excluding carboxylic acids is 2. The van der Waals surface area contributed by atoms with Gasteiger partial charge in [0.1, 0.15) is 5.82 Å². The third-order valence-electron chi connectivity index (χ3n) is 4.23. The summed E-state index contributed by atoms with van der Waals surface area (Å²) in [5.41, 5.74) is 1.97. The summed E-state index contributed by atoms with van der Waals surface area (Å²) in [7, 11) is 1.85. The highest BCUT2D eigenvalue weighted by molar-refractivity contribution is 5.89. The van der Waals surface area contributed by atoms with Crippen LogP contribution in [0, 0.1) is 0 Å². The summed E-state index contributed by atoms with van der Waals surface area (Å²) in [6.07, 6.45) is 6.50. The average Bonchev–Trinajstić information content (AvgIpc) is 3.09. The number of carbonyl (C=O) groups is 2. The zero-order chi connectivity index (χ0) is 17.1. The maximum absolute atomic E-state index is 12.0. The number of H-pyrrole nitrogens is 1. The summed E-state index contributed by atoms with van der Waals surface area (Å²) >= 11 is 0. The van der Waals surface area contributed by atoms with Crippen molar-refractivity contribution >= 4 is 17.6 Å². The van der Waals surface area contributed by atoms with Gasteiger partial charge in [0, 0.05) is 44.6 Å². The SMILES string of the molecule is CC(=O)N[C@H]1C[C@@H](c2cc(NC(=O)CCc3cnn(C)c3)[nH]n2)C1. The van der Waals surface area contributed by atoms with Crippen LogP contribution in [0.25, 0.3) is 0 Å². The number of nitrogens with one attached hydrogen (secondary N) is 3. The van der Waals surface area contributed by atoms with Crippen molar-refractivity contribution in [1.82, 2.24) is 25.3 Å². The van der Waals surface area contributed by atoms with Crippen molar-refractivity contribution in [2.24, 2.45) is 7.05 Å². The van der Waals surface area contributed by atoms with E-state index in [0.29, 0.717) is 24.6 Å². The van der Waals surface area contributed by atoms with E-state index in [1.165, 1.54) is 6.92 Å². The molecule has 8 heteroatoms. The highest BCUT2D eigenvalue weighted by Crippen LogP contribution is 2.36. The van der Waals surface area contributed by atoms with E-state index < -0.39 is 0 Å². The molecule has 0 atom stereocenters. The molecule has 0 radical (unpaired) electrons. The highest BCUT2D eigenvalue weighted by Gasteiger charge is 2.32. The van der Waals surface area contributed by atoms with Gasteiger partial charge in [0.05, 0.1) is 11.9 Å². The fraction of sp³-hybridized carbons (Fsp3) is 0.500. The van der Waals surface area contributed by atoms with Crippen LogP contribution in [0.3, 0.4) is 0 Å². The Morgan fingerprint density at radius 2 is 2.21 bits per heavy atom. The van der Waals surface area contributed by atoms with Crippen LogP contribution in [0.2, 0.25) is 0 Å². The van der Waals surface area contributed by atoms with Crippen molar-refractivity contribution in [3.05, 3.63) is 29.7 Å². The van der Waals surface area contributed by atoms with Gasteiger partial charge in [0.25, 0.3) is 0 Å². The van der Waals surface area contributed by atoms with E-state index in [4.69, 9.17) is 0 Å². The van der Waals surface area contributed by atoms with Gasteiger partial charge in [0.15, 0.2) is 0 Å². The van der Waals surface area contributed by atoms with Crippen molar-refractivity contribution in [2.75, 3.05) is 5.32 Å². The van der Waals surface area contributed by atoms with Crippen LogP contribution in [0.1, 0.15) is 43.4 Å². The van der Waals surface area contributed by atoms with Gasteiger partial charge >= 0.3 is 0 Å². The zero-order valence-corrected chi connectivity index (χ0v) is 13.9. The van der Waals surface area contributed by atoms with Crippen LogP contribution in [-0.2, 0) is 23.1 Å². The minimum absolute atomic E-state index is 0.00189. The number of hydrogen-bond acceptors (Lipinski definition) is 4. The molecule has 3 N–H and O–H groups in total. The Labute approximate surface area is 140 Å². The lowest BCUT2D eigenvalue weighted by molar-refractivity contribution is -0.120. The molecule has 0 unspecified atom stereocenters. The second-order valence-corrected chi connectivity index (χ2v) is 6.34. The lowest BCUT2D eigenvalue weighted by Gasteiger charge is -2.34. The number of nitrogens with zero attached hydrogens (tertiary/aromatic N) is 3. The third kappa shape index (κ3) is 4.01. The van der Waals surface area contributed by atoms with Gasteiger partial charge in [-0.1, -0.05) is 0 Å². The van der Waals surface area contributed by atoms with Crippen molar-refractivity contribution in [2.45, 2.75) is 44.6 Å². The largest absolute Gasteiger partial charge is 0.354 e. The summed E-state index contributed by atoms with van der Waals surface area (Å²) < 4.78 is 1.72. The summed E-state index contributed by atoms with van der Waals surface area (Å²) in [4.78, 5) is 23.0. The molecular weight excluding hydrogens is 308 g/mol. The first-order valence-corrected chi connectivity index (χ1v) is 8.09. The predicted octanol–water partition coefficient (Wildman–Crippen LogP) is 1.10. The number of aryl methyl sites for hydroxylation is 2. The van der Waals surface area contributed by atoms with Crippen LogP contribution in [-0.4, -0.2) is 37.8 Å². The average molecular weight is 330 g/mol. The maximum atomic E-state index is 12.0. The zero-order valence-electron chi connectivity index (χ0n) is 13.9. The third-order valence-corrected chi connectivity index (χ3v) is 4.23. The molecule has 2 heterocycles. The Morgan fingerprint density at radius 1 is 1.42 bits per heavy atom. The molecule has 1 aliphatic carbocycles. The minimum atomic E-state index is -0.0567. The number of amides is 2. The van der Waals surface area contributed by atoms with E-state index in [1.807, 2.05) is 19.3 Å². The molecule has 0 saturated heterocycles. The normalized spacial score (nSPS) is 19.6. The molecule has 3 rings (SSSR count). The maximum Gasteiger partial charge on any atom is 0.225 e. The van der Waals surface area contributed by atoms with Gasteiger partial charge in [-0.2, -0.15) is 10.2 Å². The van der Waals surface area contributed by atoms with Crippen molar-refractivity contribution in [3.63, 3.8) is 0 Å². The van der Waals surface area contributed by atoms with Crippen LogP contribution in [0.5, 0.6) is 0 Å². The van der Waals surface area contributed by atoms with E-state index in [1.54, 1.807) is 10.9 Å². The van der Waals surface area contributed by atoms with Crippen LogP contribution >= 0.6 is 0 Å². The first-order chi connectivity index (χ1) is 11.5. The monoisotopic (exact) mass is 330 g/mol. The number of rotatable bonds is 6. The molecule has 0 bridgehead atoms. The summed E-state index contributed by atoms with van der Waals surface area (Å²) in [6, 6.07) is 2.11. The molecule has 2 aromatic heterocycles. The molecule has 0 aliphatic heterocycles. The standard InChI is InChI=1S/C16H22N6O2/c1-10(23)18-13-5-12(6-13)14-7-15(21-20-14)19-16(24)4-3-11-8-17-22(2)9-11/h7-9,12-13H,3-6H2,1-2H3,(H,18,23)(H2,19,20,21,24)/t12-,13+. The Morgan fingerprint density at radius 3 is 2.88 bits per heavy atom. The summed E-state index contributed by atoms with van der Waals surface area (Å²) in [5.74, 6) is 0.893. The number of aromatic amines is 1. The molecule has 2 amide bonds. The van der Waals surface area contributed by atoms with Gasteiger partial charge in [-0.15, -0.1) is 0 Å². The fourth-order valence-electron chi connectivity index (χ4n) is 2.95. The lowest BCUT2D eigenvalue weighted by atomic mass is 9.78. The molecule has 1 fully saturated rings. The van der Waals surface area contributed by atoms with Gasteiger partial charge in [0.2, 0.25) is 11.8 Å². The molecule has 24 heavy (non-hydrogen) atoms. The van der Waals surface area contributed by atoms with Crippen LogP contribution in [0.15, 0.2) is 18.5 Å². The first-order valence-electron chi connectivity index (χ1n) is 8.09. The fourth-order valence-corrected chi connectivity index (χ4v) is 2.95. The lowest BCUT2D eigenvalue weighted by Crippen LogP contribution is -2.42. The quantitative estimate of drug-likeness (QED) is 0.737. The molecular formula is C16H22N6O2. The van der Waals surface area contributed by atoms with Crippen LogP contribution in [0.4, 0.5) is 5.82 Å². The van der Waals surface area contributed by atoms with Crippen LogP contribution < -0.4 is 10.6 Å². The van der Waals surface area contributed by atoms with E-state index in [0.717, 1.165) is 24.1 Å². The highest BCUT2D eigenvalue weighted by atomic mass is 16.2. The minimum Gasteiger partial charge on any atom is -0.354 e. The van der Waals surface area contributed by atoms with Gasteiger partial charge < -0.3 is 10.6 Å². The summed E-state index contributed by atoms with van der Waals surface area (Å²) in [6.45, 7) is 1.53. The topological polar surface area (TPSA) is 105 Å². The molecule has 1 aliphatic rings. The Bertz CT molecular complexity index is 729. The molecule has 8 nitrogen and oxygen atoms in total. The second-order valence-electron chi connectivity index (χ2n) is 6.34. The number of hydrogen-bond donors (Lipinski definition) is 3. The molecule has 128 valence electrons. The van der Waals surface area contributed by atoms with E-state index >= 15 is 0 Å². The van der Waals surface area contributed by atoms with Crippen molar-refractivity contribution in [3.8, 4) is 0 Å². The Hall–Kier alpha value is -2.64. The number of aromatic nitrogens is 4.